The lowest BCUT2D eigenvalue weighted by atomic mass is 10.1. The molecule has 4 aromatic rings. The molecule has 7 nitrogen and oxygen atoms in total. The Bertz CT molecular complexity index is 1550. The number of fused-ring (bicyclic) bond motifs is 1. The number of aryl methyl sites for hydroxylation is 3. The Morgan fingerprint density at radius 1 is 1.09 bits per heavy atom. The van der Waals surface area contributed by atoms with E-state index in [9.17, 15) is 14.9 Å². The van der Waals surface area contributed by atoms with Crippen LogP contribution in [0.2, 0.25) is 0 Å². The molecule has 0 fully saturated rings. The molecule has 0 aliphatic heterocycles. The van der Waals surface area contributed by atoms with Crippen molar-refractivity contribution in [2.24, 2.45) is 0 Å². The lowest BCUT2D eigenvalue weighted by Gasteiger charge is -2.13. The summed E-state index contributed by atoms with van der Waals surface area (Å²) in [6, 6.07) is 20.5. The lowest BCUT2D eigenvalue weighted by molar-refractivity contribution is -0.117. The Hall–Kier alpha value is -4.70. The van der Waals surface area contributed by atoms with E-state index in [2.05, 4.69) is 10.3 Å². The van der Waals surface area contributed by atoms with Crippen molar-refractivity contribution in [3.8, 4) is 17.7 Å². The van der Waals surface area contributed by atoms with Gasteiger partial charge >= 0.3 is 0 Å². The second-order valence-electron chi connectivity index (χ2n) is 8.23. The molecular formula is C28H24N4O3. The van der Waals surface area contributed by atoms with Crippen LogP contribution in [0.3, 0.4) is 0 Å². The lowest BCUT2D eigenvalue weighted by Crippen LogP contribution is -2.25. The number of amides is 1. The number of carbonyl (C=O) groups excluding carboxylic acids is 1. The molecule has 174 valence electrons. The maximum absolute atomic E-state index is 13.4. The van der Waals surface area contributed by atoms with Crippen LogP contribution in [0, 0.1) is 32.1 Å². The number of carbonyl (C=O) groups is 1. The van der Waals surface area contributed by atoms with Gasteiger partial charge in [0, 0.05) is 12.7 Å². The standard InChI is InChI=1S/C28H24N4O3/c1-18-11-12-24(20(3)14-18)35-27-23(28(34)32-13-7-8-19(2)25(32)31-27)15-22(16-29)26(33)30-17-21-9-5-4-6-10-21/h4-15H,17H2,1-3H3,(H,30,33). The molecule has 0 spiro atoms. The number of ether oxygens (including phenoxy) is 1. The average molecular weight is 465 g/mol. The van der Waals surface area contributed by atoms with Gasteiger partial charge in [0.25, 0.3) is 11.5 Å². The predicted octanol–water partition coefficient (Wildman–Crippen LogP) is 4.64. The van der Waals surface area contributed by atoms with E-state index in [-0.39, 0.29) is 23.6 Å². The molecule has 0 unspecified atom stereocenters. The summed E-state index contributed by atoms with van der Waals surface area (Å²) in [5.74, 6) is -0.0375. The maximum Gasteiger partial charge on any atom is 0.269 e. The Kier molecular flexibility index (Phi) is 6.74. The summed E-state index contributed by atoms with van der Waals surface area (Å²) in [5, 5.41) is 12.4. The van der Waals surface area contributed by atoms with Gasteiger partial charge in [0.15, 0.2) is 0 Å². The fourth-order valence-corrected chi connectivity index (χ4v) is 3.68. The topological polar surface area (TPSA) is 96.5 Å². The van der Waals surface area contributed by atoms with Crippen LogP contribution < -0.4 is 15.6 Å². The molecule has 0 saturated heterocycles. The second kappa shape index (κ2) is 10.1. The van der Waals surface area contributed by atoms with Crippen LogP contribution in [-0.4, -0.2) is 15.3 Å². The van der Waals surface area contributed by atoms with Gasteiger partial charge in [0.05, 0.1) is 0 Å². The number of nitrogens with one attached hydrogen (secondary N) is 1. The summed E-state index contributed by atoms with van der Waals surface area (Å²) in [6.07, 6.45) is 2.83. The van der Waals surface area contributed by atoms with Gasteiger partial charge in [-0.2, -0.15) is 10.2 Å². The summed E-state index contributed by atoms with van der Waals surface area (Å²) in [6.45, 7) is 5.96. The SMILES string of the molecule is Cc1ccc(Oc2nc3c(C)cccn3c(=O)c2C=C(C#N)C(=O)NCc2ccccc2)c(C)c1. The van der Waals surface area contributed by atoms with Crippen LogP contribution in [0.1, 0.15) is 27.8 Å². The highest BCUT2D eigenvalue weighted by Crippen LogP contribution is 2.28. The fraction of sp³-hybridized carbons (Fsp3) is 0.143. The van der Waals surface area contributed by atoms with E-state index < -0.39 is 11.5 Å². The average Bonchev–Trinajstić information content (AvgIpc) is 2.85. The third kappa shape index (κ3) is 5.12. The zero-order chi connectivity index (χ0) is 24.9. The molecule has 2 aromatic carbocycles. The number of aromatic nitrogens is 2. The van der Waals surface area contributed by atoms with Gasteiger partial charge in [-0.15, -0.1) is 0 Å². The second-order valence-corrected chi connectivity index (χ2v) is 8.23. The third-order valence-electron chi connectivity index (χ3n) is 5.54. The molecular weight excluding hydrogens is 440 g/mol. The van der Waals surface area contributed by atoms with E-state index in [1.54, 1.807) is 18.3 Å². The molecule has 1 amide bonds. The number of pyridine rings is 1. The molecule has 0 atom stereocenters. The van der Waals surface area contributed by atoms with Crippen molar-refractivity contribution in [3.63, 3.8) is 0 Å². The highest BCUT2D eigenvalue weighted by molar-refractivity contribution is 6.01. The van der Waals surface area contributed by atoms with Crippen molar-refractivity contribution in [1.82, 2.24) is 14.7 Å². The van der Waals surface area contributed by atoms with Crippen LogP contribution in [0.25, 0.3) is 11.7 Å². The number of benzene rings is 2. The van der Waals surface area contributed by atoms with Crippen molar-refractivity contribution < 1.29 is 9.53 Å². The minimum absolute atomic E-state index is 0.0134. The van der Waals surface area contributed by atoms with Crippen molar-refractivity contribution in [2.75, 3.05) is 0 Å². The van der Waals surface area contributed by atoms with Gasteiger partial charge in [-0.05, 0) is 55.7 Å². The molecule has 0 aliphatic rings. The zero-order valence-corrected chi connectivity index (χ0v) is 19.7. The first-order valence-electron chi connectivity index (χ1n) is 11.1. The zero-order valence-electron chi connectivity index (χ0n) is 19.7. The highest BCUT2D eigenvalue weighted by Gasteiger charge is 2.18. The van der Waals surface area contributed by atoms with Crippen molar-refractivity contribution >= 4 is 17.6 Å². The molecule has 0 radical (unpaired) electrons. The van der Waals surface area contributed by atoms with Crippen LogP contribution in [0.4, 0.5) is 0 Å². The van der Waals surface area contributed by atoms with Crippen molar-refractivity contribution in [1.29, 1.82) is 5.26 Å². The number of hydrogen-bond donors (Lipinski definition) is 1. The van der Waals surface area contributed by atoms with Gasteiger partial charge in [-0.1, -0.05) is 54.1 Å². The van der Waals surface area contributed by atoms with Crippen LogP contribution in [-0.2, 0) is 11.3 Å². The normalized spacial score (nSPS) is 11.2. The maximum atomic E-state index is 13.4. The summed E-state index contributed by atoms with van der Waals surface area (Å²) in [5.41, 5.74) is 3.39. The summed E-state index contributed by atoms with van der Waals surface area (Å²) in [7, 11) is 0. The van der Waals surface area contributed by atoms with Gasteiger partial charge in [0.1, 0.15) is 28.6 Å². The quantitative estimate of drug-likeness (QED) is 0.331. The minimum atomic E-state index is -0.595. The van der Waals surface area contributed by atoms with E-state index in [1.165, 1.54) is 10.5 Å². The first-order chi connectivity index (χ1) is 16.9. The molecule has 2 aromatic heterocycles. The van der Waals surface area contributed by atoms with Gasteiger partial charge in [0.2, 0.25) is 5.88 Å². The van der Waals surface area contributed by atoms with E-state index in [0.717, 1.165) is 22.3 Å². The van der Waals surface area contributed by atoms with Gasteiger partial charge < -0.3 is 10.1 Å². The molecule has 35 heavy (non-hydrogen) atoms. The van der Waals surface area contributed by atoms with Gasteiger partial charge in [-0.3, -0.25) is 14.0 Å². The molecule has 2 heterocycles. The first kappa shape index (κ1) is 23.5. The monoisotopic (exact) mass is 464 g/mol. The summed E-state index contributed by atoms with van der Waals surface area (Å²) < 4.78 is 7.47. The highest BCUT2D eigenvalue weighted by atomic mass is 16.5. The number of nitrogens with zero attached hydrogens (tertiary/aromatic N) is 3. The molecule has 1 N–H and O–H groups in total. The van der Waals surface area contributed by atoms with Crippen LogP contribution >= 0.6 is 0 Å². The fourth-order valence-electron chi connectivity index (χ4n) is 3.68. The Labute approximate surface area is 203 Å². The molecule has 0 bridgehead atoms. The number of hydrogen-bond acceptors (Lipinski definition) is 5. The Morgan fingerprint density at radius 2 is 1.86 bits per heavy atom. The third-order valence-corrected chi connectivity index (χ3v) is 5.54. The number of rotatable bonds is 6. The molecule has 4 rings (SSSR count). The van der Waals surface area contributed by atoms with E-state index >= 15 is 0 Å². The molecule has 0 saturated carbocycles. The Morgan fingerprint density at radius 3 is 2.57 bits per heavy atom. The van der Waals surface area contributed by atoms with Crippen molar-refractivity contribution in [2.45, 2.75) is 27.3 Å². The molecule has 0 aliphatic carbocycles. The summed E-state index contributed by atoms with van der Waals surface area (Å²) in [4.78, 5) is 30.8. The van der Waals surface area contributed by atoms with E-state index in [1.807, 2.05) is 75.4 Å². The van der Waals surface area contributed by atoms with Crippen LogP contribution in [0.5, 0.6) is 11.6 Å². The summed E-state index contributed by atoms with van der Waals surface area (Å²) >= 11 is 0. The minimum Gasteiger partial charge on any atom is -0.438 e. The number of nitriles is 1. The van der Waals surface area contributed by atoms with E-state index in [4.69, 9.17) is 4.74 Å². The largest absolute Gasteiger partial charge is 0.438 e. The predicted molar refractivity (Wildman–Crippen MR) is 134 cm³/mol. The first-order valence-corrected chi connectivity index (χ1v) is 11.1. The van der Waals surface area contributed by atoms with E-state index in [0.29, 0.717) is 11.4 Å². The Balaban J connectivity index is 1.79. The van der Waals surface area contributed by atoms with Gasteiger partial charge in [-0.25, -0.2) is 0 Å². The molecule has 7 heteroatoms. The van der Waals surface area contributed by atoms with Crippen LogP contribution in [0.15, 0.2) is 77.2 Å². The smallest absolute Gasteiger partial charge is 0.269 e. The van der Waals surface area contributed by atoms with Crippen molar-refractivity contribution in [3.05, 3.63) is 111 Å².